The fourth-order valence-electron chi connectivity index (χ4n) is 6.57. The maximum atomic E-state index is 5.60. The van der Waals surface area contributed by atoms with Gasteiger partial charge in [-0.25, -0.2) is 4.98 Å². The summed E-state index contributed by atoms with van der Waals surface area (Å²) >= 11 is 0. The van der Waals surface area contributed by atoms with Crippen LogP contribution in [-0.4, -0.2) is 49.8 Å². The van der Waals surface area contributed by atoms with E-state index in [0.717, 1.165) is 51.6 Å². The molecule has 5 aromatic rings. The SMILES string of the molecule is COc1ccncc1-c1ccc2[nH]nc(Nc3nc4cc(CN5CCCCC5)ccc4n3C3CCCCC3)c2c1. The van der Waals surface area contributed by atoms with Crippen LogP contribution in [0, 0.1) is 0 Å². The Hall–Kier alpha value is -3.91. The lowest BCUT2D eigenvalue weighted by Gasteiger charge is -2.26. The highest BCUT2D eigenvalue weighted by molar-refractivity contribution is 5.95. The number of rotatable bonds is 7. The van der Waals surface area contributed by atoms with Gasteiger partial charge in [0.15, 0.2) is 5.82 Å². The highest BCUT2D eigenvalue weighted by Crippen LogP contribution is 2.37. The van der Waals surface area contributed by atoms with E-state index in [9.17, 15) is 0 Å². The van der Waals surface area contributed by atoms with E-state index in [1.807, 2.05) is 12.3 Å². The highest BCUT2D eigenvalue weighted by Gasteiger charge is 2.23. The predicted octanol–water partition coefficient (Wildman–Crippen LogP) is 7.22. The Balaban J connectivity index is 1.26. The molecule has 8 heteroatoms. The number of aromatic amines is 1. The minimum absolute atomic E-state index is 0.439. The fraction of sp³-hybridized carbons (Fsp3) is 0.406. The molecule has 8 nitrogen and oxygen atoms in total. The Morgan fingerprint density at radius 1 is 0.975 bits per heavy atom. The number of likely N-dealkylation sites (tertiary alicyclic amines) is 1. The molecule has 0 unspecified atom stereocenters. The number of nitrogens with zero attached hydrogens (tertiary/aromatic N) is 5. The summed E-state index contributed by atoms with van der Waals surface area (Å²) in [4.78, 5) is 12.1. The zero-order valence-corrected chi connectivity index (χ0v) is 23.2. The van der Waals surface area contributed by atoms with E-state index >= 15 is 0 Å². The Morgan fingerprint density at radius 3 is 2.67 bits per heavy atom. The number of nitrogens with one attached hydrogen (secondary N) is 2. The zero-order chi connectivity index (χ0) is 26.9. The van der Waals surface area contributed by atoms with Crippen LogP contribution in [0.25, 0.3) is 33.1 Å². The third-order valence-corrected chi connectivity index (χ3v) is 8.65. The Labute approximate surface area is 234 Å². The van der Waals surface area contributed by atoms with Crippen molar-refractivity contribution in [3.05, 3.63) is 60.4 Å². The summed E-state index contributed by atoms with van der Waals surface area (Å²) in [6.07, 6.45) is 13.8. The van der Waals surface area contributed by atoms with Crippen LogP contribution in [0.4, 0.5) is 11.8 Å². The maximum absolute atomic E-state index is 5.60. The lowest BCUT2D eigenvalue weighted by Crippen LogP contribution is -2.29. The van der Waals surface area contributed by atoms with Crippen molar-refractivity contribution < 1.29 is 4.74 Å². The molecule has 2 aromatic carbocycles. The second kappa shape index (κ2) is 10.9. The second-order valence-corrected chi connectivity index (χ2v) is 11.3. The number of ether oxygens (including phenoxy) is 1. The Bertz CT molecular complexity index is 1630. The molecular formula is C32H37N7O. The summed E-state index contributed by atoms with van der Waals surface area (Å²) in [6, 6.07) is 15.5. The average Bonchev–Trinajstić information content (AvgIpc) is 3.58. The summed E-state index contributed by atoms with van der Waals surface area (Å²) in [5.74, 6) is 2.45. The van der Waals surface area contributed by atoms with Crippen molar-refractivity contribution in [2.75, 3.05) is 25.5 Å². The van der Waals surface area contributed by atoms with E-state index in [-0.39, 0.29) is 0 Å². The molecule has 1 saturated heterocycles. The van der Waals surface area contributed by atoms with Gasteiger partial charge in [-0.2, -0.15) is 5.10 Å². The molecule has 2 fully saturated rings. The van der Waals surface area contributed by atoms with Gasteiger partial charge < -0.3 is 14.6 Å². The Kier molecular flexibility index (Phi) is 6.85. The van der Waals surface area contributed by atoms with Crippen LogP contribution in [-0.2, 0) is 6.54 Å². The van der Waals surface area contributed by atoms with E-state index in [0.29, 0.717) is 6.04 Å². The van der Waals surface area contributed by atoms with Crippen molar-refractivity contribution in [2.24, 2.45) is 0 Å². The van der Waals surface area contributed by atoms with E-state index in [2.05, 4.69) is 66.4 Å². The standard InChI is InChI=1S/C32H37N7O/c1-40-30-14-15-33-20-26(30)23-11-12-27-25(19-23)31(37-36-27)35-32-34-28-18-22(21-38-16-6-3-7-17-38)10-13-29(28)39(32)24-8-4-2-5-9-24/h10-15,18-20,24H,2-9,16-17,21H2,1H3,(H2,34,35,36,37). The smallest absolute Gasteiger partial charge is 0.209 e. The van der Waals surface area contributed by atoms with Gasteiger partial charge in [0, 0.05) is 35.9 Å². The van der Waals surface area contributed by atoms with Crippen LogP contribution in [0.1, 0.15) is 63.0 Å². The lowest BCUT2D eigenvalue weighted by molar-refractivity contribution is 0.221. The number of methoxy groups -OCH3 is 1. The van der Waals surface area contributed by atoms with E-state index in [1.165, 1.54) is 75.5 Å². The summed E-state index contributed by atoms with van der Waals surface area (Å²) in [5, 5.41) is 12.5. The first-order chi connectivity index (χ1) is 19.8. The second-order valence-electron chi connectivity index (χ2n) is 11.3. The molecule has 1 saturated carbocycles. The van der Waals surface area contributed by atoms with Crippen LogP contribution in [0.15, 0.2) is 54.9 Å². The van der Waals surface area contributed by atoms with Crippen LogP contribution in [0.3, 0.4) is 0 Å². The van der Waals surface area contributed by atoms with Crippen LogP contribution in [0.5, 0.6) is 5.75 Å². The number of imidazole rings is 1. The molecule has 206 valence electrons. The molecule has 1 aliphatic heterocycles. The number of hydrogen-bond donors (Lipinski definition) is 2. The number of aromatic nitrogens is 5. The molecule has 0 amide bonds. The topological polar surface area (TPSA) is 83.9 Å². The molecule has 4 heterocycles. The average molecular weight is 536 g/mol. The van der Waals surface area contributed by atoms with Gasteiger partial charge in [0.1, 0.15) is 5.75 Å². The van der Waals surface area contributed by atoms with Gasteiger partial charge in [0.25, 0.3) is 0 Å². The first kappa shape index (κ1) is 25.1. The van der Waals surface area contributed by atoms with Gasteiger partial charge in [0.05, 0.1) is 23.7 Å². The summed E-state index contributed by atoms with van der Waals surface area (Å²) in [7, 11) is 1.69. The highest BCUT2D eigenvalue weighted by atomic mass is 16.5. The minimum atomic E-state index is 0.439. The summed E-state index contributed by atoms with van der Waals surface area (Å²) in [5.41, 5.74) is 6.56. The largest absolute Gasteiger partial charge is 0.496 e. The van der Waals surface area contributed by atoms with Gasteiger partial charge in [-0.15, -0.1) is 0 Å². The third kappa shape index (κ3) is 4.81. The monoisotopic (exact) mass is 535 g/mol. The lowest BCUT2D eigenvalue weighted by atomic mass is 9.95. The van der Waals surface area contributed by atoms with Gasteiger partial charge >= 0.3 is 0 Å². The molecule has 1 aliphatic carbocycles. The third-order valence-electron chi connectivity index (χ3n) is 8.65. The summed E-state index contributed by atoms with van der Waals surface area (Å²) in [6.45, 7) is 3.39. The quantitative estimate of drug-likeness (QED) is 0.229. The zero-order valence-electron chi connectivity index (χ0n) is 23.2. The van der Waals surface area contributed by atoms with Crippen molar-refractivity contribution in [1.82, 2.24) is 29.6 Å². The fourth-order valence-corrected chi connectivity index (χ4v) is 6.57. The molecule has 0 atom stereocenters. The van der Waals surface area contributed by atoms with E-state index in [4.69, 9.17) is 9.72 Å². The number of anilines is 2. The van der Waals surface area contributed by atoms with Crippen molar-refractivity contribution in [3.8, 4) is 16.9 Å². The van der Waals surface area contributed by atoms with Crippen LogP contribution >= 0.6 is 0 Å². The van der Waals surface area contributed by atoms with E-state index in [1.54, 1.807) is 13.3 Å². The van der Waals surface area contributed by atoms with Gasteiger partial charge in [-0.05, 0) is 80.2 Å². The molecule has 2 N–H and O–H groups in total. The van der Waals surface area contributed by atoms with Crippen molar-refractivity contribution in [3.63, 3.8) is 0 Å². The maximum Gasteiger partial charge on any atom is 0.209 e. The molecule has 7 rings (SSSR count). The van der Waals surface area contributed by atoms with Crippen molar-refractivity contribution in [1.29, 1.82) is 0 Å². The molecule has 3 aromatic heterocycles. The molecule has 0 radical (unpaired) electrons. The van der Waals surface area contributed by atoms with E-state index < -0.39 is 0 Å². The summed E-state index contributed by atoms with van der Waals surface area (Å²) < 4.78 is 8.04. The minimum Gasteiger partial charge on any atom is -0.496 e. The first-order valence-corrected chi connectivity index (χ1v) is 14.7. The predicted molar refractivity (Wildman–Crippen MR) is 160 cm³/mol. The molecule has 40 heavy (non-hydrogen) atoms. The number of H-pyrrole nitrogens is 1. The van der Waals surface area contributed by atoms with Gasteiger partial charge in [0.2, 0.25) is 5.95 Å². The van der Waals surface area contributed by atoms with Crippen LogP contribution in [0.2, 0.25) is 0 Å². The number of benzene rings is 2. The molecular weight excluding hydrogens is 498 g/mol. The van der Waals surface area contributed by atoms with Gasteiger partial charge in [-0.3, -0.25) is 15.0 Å². The molecule has 2 aliphatic rings. The number of hydrogen-bond acceptors (Lipinski definition) is 6. The van der Waals surface area contributed by atoms with Crippen molar-refractivity contribution >= 4 is 33.7 Å². The van der Waals surface area contributed by atoms with Gasteiger partial charge in [-0.1, -0.05) is 37.8 Å². The Morgan fingerprint density at radius 2 is 1.82 bits per heavy atom. The van der Waals surface area contributed by atoms with Crippen LogP contribution < -0.4 is 10.1 Å². The van der Waals surface area contributed by atoms with Crippen molar-refractivity contribution in [2.45, 2.75) is 64.0 Å². The molecule has 0 spiro atoms. The number of fused-ring (bicyclic) bond motifs is 2. The number of pyridine rings is 1. The first-order valence-electron chi connectivity index (χ1n) is 14.7. The normalized spacial score (nSPS) is 17.0. The molecule has 0 bridgehead atoms. The number of piperidine rings is 1.